The molecule has 170 valence electrons. The standard InChI is InChI=1S/C27H35N3O2/c1-28-26(32)27(19-23-9-4-5-10-24(23)22-13-16-29-17-14-22)15-6-18-30(20-27)25(31)12-11-21-7-2-3-8-21/h4-5,9-10,13-14,16-17,21H,2-3,6-8,11-12,15,18-20H2,1H3,(H,28,32)/t27-/m0/s1. The van der Waals surface area contributed by atoms with Crippen LogP contribution in [0.25, 0.3) is 11.1 Å². The molecule has 2 aliphatic rings. The molecule has 1 atom stereocenters. The van der Waals surface area contributed by atoms with E-state index in [2.05, 4.69) is 22.4 Å². The van der Waals surface area contributed by atoms with E-state index in [1.807, 2.05) is 29.2 Å². The first kappa shape index (κ1) is 22.5. The van der Waals surface area contributed by atoms with E-state index in [1.165, 1.54) is 25.7 Å². The number of piperidine rings is 1. The van der Waals surface area contributed by atoms with Gasteiger partial charge in [-0.05, 0) is 60.4 Å². The second-order valence-electron chi connectivity index (χ2n) is 9.54. The molecular formula is C27H35N3O2. The Labute approximate surface area is 191 Å². The number of benzene rings is 1. The molecule has 2 fully saturated rings. The van der Waals surface area contributed by atoms with Crippen molar-refractivity contribution in [1.29, 1.82) is 0 Å². The number of pyridine rings is 1. The van der Waals surface area contributed by atoms with Crippen LogP contribution in [0.2, 0.25) is 0 Å². The van der Waals surface area contributed by atoms with Crippen molar-refractivity contribution in [3.05, 3.63) is 54.4 Å². The van der Waals surface area contributed by atoms with Gasteiger partial charge in [0.25, 0.3) is 0 Å². The lowest BCUT2D eigenvalue weighted by molar-refractivity contribution is -0.141. The minimum atomic E-state index is -0.598. The molecule has 1 aliphatic heterocycles. The summed E-state index contributed by atoms with van der Waals surface area (Å²) in [7, 11) is 1.71. The number of hydrogen-bond acceptors (Lipinski definition) is 3. The zero-order valence-electron chi connectivity index (χ0n) is 19.2. The lowest BCUT2D eigenvalue weighted by Gasteiger charge is -2.42. The molecule has 1 aromatic carbocycles. The number of hydrogen-bond donors (Lipinski definition) is 1. The van der Waals surface area contributed by atoms with Crippen LogP contribution in [-0.2, 0) is 16.0 Å². The van der Waals surface area contributed by atoms with Crippen LogP contribution >= 0.6 is 0 Å². The van der Waals surface area contributed by atoms with Crippen molar-refractivity contribution in [1.82, 2.24) is 15.2 Å². The van der Waals surface area contributed by atoms with Gasteiger partial charge in [0.2, 0.25) is 11.8 Å². The molecule has 1 N–H and O–H groups in total. The summed E-state index contributed by atoms with van der Waals surface area (Å²) in [6.07, 6.45) is 12.6. The molecular weight excluding hydrogens is 398 g/mol. The topological polar surface area (TPSA) is 62.3 Å². The number of nitrogens with one attached hydrogen (secondary N) is 1. The van der Waals surface area contributed by atoms with Crippen LogP contribution < -0.4 is 5.32 Å². The van der Waals surface area contributed by atoms with Gasteiger partial charge in [-0.2, -0.15) is 0 Å². The molecule has 1 saturated carbocycles. The average Bonchev–Trinajstić information content (AvgIpc) is 3.37. The van der Waals surface area contributed by atoms with E-state index in [1.54, 1.807) is 19.4 Å². The molecule has 0 radical (unpaired) electrons. The number of rotatable bonds is 7. The third kappa shape index (κ3) is 5.03. The second-order valence-corrected chi connectivity index (χ2v) is 9.54. The highest BCUT2D eigenvalue weighted by Crippen LogP contribution is 2.37. The van der Waals surface area contributed by atoms with E-state index in [9.17, 15) is 9.59 Å². The van der Waals surface area contributed by atoms with Crippen LogP contribution in [0.1, 0.15) is 56.9 Å². The Morgan fingerprint density at radius 3 is 2.59 bits per heavy atom. The van der Waals surface area contributed by atoms with Crippen LogP contribution in [0.15, 0.2) is 48.8 Å². The van der Waals surface area contributed by atoms with Crippen LogP contribution in [0.4, 0.5) is 0 Å². The Bertz CT molecular complexity index is 924. The first-order chi connectivity index (χ1) is 15.6. The summed E-state index contributed by atoms with van der Waals surface area (Å²) >= 11 is 0. The van der Waals surface area contributed by atoms with Crippen LogP contribution in [0.5, 0.6) is 0 Å². The van der Waals surface area contributed by atoms with Gasteiger partial charge < -0.3 is 10.2 Å². The normalized spacial score (nSPS) is 21.5. The fourth-order valence-electron chi connectivity index (χ4n) is 5.66. The van der Waals surface area contributed by atoms with Crippen LogP contribution in [0, 0.1) is 11.3 Å². The number of aromatic nitrogens is 1. The molecule has 0 spiro atoms. The maximum atomic E-state index is 13.2. The number of carbonyl (C=O) groups excluding carboxylic acids is 2. The predicted octanol–water partition coefficient (Wildman–Crippen LogP) is 4.62. The van der Waals surface area contributed by atoms with Crippen molar-refractivity contribution < 1.29 is 9.59 Å². The van der Waals surface area contributed by atoms with E-state index < -0.39 is 5.41 Å². The molecule has 0 unspecified atom stereocenters. The second kappa shape index (κ2) is 10.3. The highest BCUT2D eigenvalue weighted by atomic mass is 16.2. The van der Waals surface area contributed by atoms with Crippen molar-refractivity contribution in [2.24, 2.45) is 11.3 Å². The van der Waals surface area contributed by atoms with Crippen molar-refractivity contribution in [3.63, 3.8) is 0 Å². The largest absolute Gasteiger partial charge is 0.359 e. The van der Waals surface area contributed by atoms with Gasteiger partial charge in [0.05, 0.1) is 5.41 Å². The van der Waals surface area contributed by atoms with Gasteiger partial charge in [-0.15, -0.1) is 0 Å². The van der Waals surface area contributed by atoms with Gasteiger partial charge in [0.15, 0.2) is 0 Å². The van der Waals surface area contributed by atoms with E-state index in [0.29, 0.717) is 25.3 Å². The lowest BCUT2D eigenvalue weighted by Crippen LogP contribution is -2.54. The summed E-state index contributed by atoms with van der Waals surface area (Å²) in [6.45, 7) is 1.26. The van der Waals surface area contributed by atoms with Crippen molar-refractivity contribution in [2.45, 2.75) is 57.8 Å². The Morgan fingerprint density at radius 1 is 1.09 bits per heavy atom. The first-order valence-electron chi connectivity index (χ1n) is 12.1. The van der Waals surface area contributed by atoms with Crippen LogP contribution in [0.3, 0.4) is 0 Å². The highest BCUT2D eigenvalue weighted by molar-refractivity contribution is 5.85. The lowest BCUT2D eigenvalue weighted by atomic mass is 9.73. The van der Waals surface area contributed by atoms with Crippen molar-refractivity contribution >= 4 is 11.8 Å². The highest BCUT2D eigenvalue weighted by Gasteiger charge is 2.43. The number of likely N-dealkylation sites (tertiary alicyclic amines) is 1. The quantitative estimate of drug-likeness (QED) is 0.693. The van der Waals surface area contributed by atoms with E-state index >= 15 is 0 Å². The van der Waals surface area contributed by atoms with E-state index in [-0.39, 0.29) is 11.8 Å². The van der Waals surface area contributed by atoms with Gasteiger partial charge in [0.1, 0.15) is 0 Å². The number of carbonyl (C=O) groups is 2. The van der Waals surface area contributed by atoms with Crippen molar-refractivity contribution in [3.8, 4) is 11.1 Å². The Kier molecular flexibility index (Phi) is 7.23. The molecule has 2 aromatic rings. The maximum Gasteiger partial charge on any atom is 0.228 e. The molecule has 2 amide bonds. The zero-order valence-corrected chi connectivity index (χ0v) is 19.2. The fraction of sp³-hybridized carbons (Fsp3) is 0.519. The fourth-order valence-corrected chi connectivity index (χ4v) is 5.66. The summed E-state index contributed by atoms with van der Waals surface area (Å²) in [5.74, 6) is 0.960. The van der Waals surface area contributed by atoms with E-state index in [0.717, 1.165) is 42.5 Å². The van der Waals surface area contributed by atoms with Gasteiger partial charge in [0, 0.05) is 39.0 Å². The number of nitrogens with zero attached hydrogens (tertiary/aromatic N) is 2. The third-order valence-corrected chi connectivity index (χ3v) is 7.42. The summed E-state index contributed by atoms with van der Waals surface area (Å²) in [5, 5.41) is 2.90. The minimum absolute atomic E-state index is 0.0373. The SMILES string of the molecule is CNC(=O)[C@]1(Cc2ccccc2-c2ccncc2)CCCN(C(=O)CCC2CCCC2)C1. The Hall–Kier alpha value is -2.69. The maximum absolute atomic E-state index is 13.2. The molecule has 1 aromatic heterocycles. The third-order valence-electron chi connectivity index (χ3n) is 7.42. The molecule has 4 rings (SSSR count). The predicted molar refractivity (Wildman–Crippen MR) is 127 cm³/mol. The molecule has 5 nitrogen and oxygen atoms in total. The van der Waals surface area contributed by atoms with Gasteiger partial charge in [-0.3, -0.25) is 14.6 Å². The minimum Gasteiger partial charge on any atom is -0.359 e. The van der Waals surface area contributed by atoms with Gasteiger partial charge >= 0.3 is 0 Å². The summed E-state index contributed by atoms with van der Waals surface area (Å²) in [6, 6.07) is 12.3. The molecule has 32 heavy (non-hydrogen) atoms. The Balaban J connectivity index is 1.54. The van der Waals surface area contributed by atoms with Crippen LogP contribution in [-0.4, -0.2) is 41.8 Å². The monoisotopic (exact) mass is 433 g/mol. The smallest absolute Gasteiger partial charge is 0.228 e. The molecule has 1 aliphatic carbocycles. The summed E-state index contributed by atoms with van der Waals surface area (Å²) in [4.78, 5) is 32.4. The van der Waals surface area contributed by atoms with Crippen molar-refractivity contribution in [2.75, 3.05) is 20.1 Å². The summed E-state index contributed by atoms with van der Waals surface area (Å²) < 4.78 is 0. The molecule has 2 heterocycles. The Morgan fingerprint density at radius 2 is 1.84 bits per heavy atom. The molecule has 5 heteroatoms. The number of amides is 2. The summed E-state index contributed by atoms with van der Waals surface area (Å²) in [5.41, 5.74) is 2.77. The molecule has 0 bridgehead atoms. The van der Waals surface area contributed by atoms with Gasteiger partial charge in [-0.25, -0.2) is 0 Å². The van der Waals surface area contributed by atoms with E-state index in [4.69, 9.17) is 0 Å². The molecule has 1 saturated heterocycles. The van der Waals surface area contributed by atoms with Gasteiger partial charge in [-0.1, -0.05) is 49.9 Å². The zero-order chi connectivity index (χ0) is 22.4. The first-order valence-corrected chi connectivity index (χ1v) is 12.1. The average molecular weight is 434 g/mol.